The number of anilines is 1. The van der Waals surface area contributed by atoms with Gasteiger partial charge in [-0.05, 0) is 24.5 Å². The highest BCUT2D eigenvalue weighted by molar-refractivity contribution is 5.76. The summed E-state index contributed by atoms with van der Waals surface area (Å²) in [5, 5.41) is 12.8. The summed E-state index contributed by atoms with van der Waals surface area (Å²) in [6.45, 7) is 3.38. The molecule has 1 saturated carbocycles. The molecule has 0 amide bonds. The van der Waals surface area contributed by atoms with Gasteiger partial charge in [-0.15, -0.1) is 0 Å². The molecule has 1 aromatic carbocycles. The zero-order valence-corrected chi connectivity index (χ0v) is 18.0. The molecule has 1 unspecified atom stereocenters. The minimum atomic E-state index is -0.00720. The number of nitrogens with zero attached hydrogens (tertiary/aromatic N) is 3. The average molecular weight is 423 g/mol. The maximum atomic E-state index is 13.7. The van der Waals surface area contributed by atoms with Gasteiger partial charge >= 0.3 is 0 Å². The van der Waals surface area contributed by atoms with Crippen LogP contribution in [0, 0.1) is 0 Å². The number of pyridine rings is 1. The summed E-state index contributed by atoms with van der Waals surface area (Å²) in [6.07, 6.45) is 6.07. The van der Waals surface area contributed by atoms with Gasteiger partial charge in [0.05, 0.1) is 19.8 Å². The van der Waals surface area contributed by atoms with Crippen LogP contribution in [-0.2, 0) is 4.74 Å². The number of ether oxygens (including phenoxy) is 1. The maximum Gasteiger partial charge on any atom is 0.256 e. The highest BCUT2D eigenvalue weighted by Gasteiger charge is 2.24. The Labute approximate surface area is 182 Å². The average Bonchev–Trinajstić information content (AvgIpc) is 3.33. The highest BCUT2D eigenvalue weighted by atomic mass is 16.5. The SMILES string of the molecule is CC(c1ccccc1)c1cc2cnc(NCCOCCO)nc2n(C2CCCC2)c1=O. The Bertz CT molecular complexity index is 1060. The monoisotopic (exact) mass is 422 g/mol. The van der Waals surface area contributed by atoms with Crippen molar-refractivity contribution in [3.63, 3.8) is 0 Å². The molecule has 2 N–H and O–H groups in total. The lowest BCUT2D eigenvalue weighted by molar-refractivity contribution is 0.0991. The summed E-state index contributed by atoms with van der Waals surface area (Å²) in [7, 11) is 0. The molecule has 31 heavy (non-hydrogen) atoms. The molecule has 7 heteroatoms. The lowest BCUT2D eigenvalue weighted by Crippen LogP contribution is -2.29. The van der Waals surface area contributed by atoms with Crippen molar-refractivity contribution in [1.82, 2.24) is 14.5 Å². The van der Waals surface area contributed by atoms with E-state index in [0.29, 0.717) is 31.4 Å². The second kappa shape index (κ2) is 10.0. The van der Waals surface area contributed by atoms with Crippen LogP contribution in [0.15, 0.2) is 47.4 Å². The Kier molecular flexibility index (Phi) is 6.94. The van der Waals surface area contributed by atoms with Crippen LogP contribution in [-0.4, -0.2) is 46.0 Å². The van der Waals surface area contributed by atoms with E-state index in [1.54, 1.807) is 6.20 Å². The molecule has 1 aliphatic carbocycles. The number of aliphatic hydroxyl groups is 1. The van der Waals surface area contributed by atoms with Gasteiger partial charge in [0.2, 0.25) is 5.95 Å². The first-order valence-corrected chi connectivity index (χ1v) is 11.1. The van der Waals surface area contributed by atoms with E-state index in [-0.39, 0.29) is 24.1 Å². The Morgan fingerprint density at radius 1 is 1.23 bits per heavy atom. The summed E-state index contributed by atoms with van der Waals surface area (Å²) in [6, 6.07) is 12.3. The van der Waals surface area contributed by atoms with E-state index in [2.05, 4.69) is 29.4 Å². The normalized spacial score (nSPS) is 15.4. The molecule has 2 heterocycles. The van der Waals surface area contributed by atoms with E-state index in [1.807, 2.05) is 28.8 Å². The third-order valence-electron chi connectivity index (χ3n) is 6.02. The molecule has 1 atom stereocenters. The number of aromatic nitrogens is 3. The molecule has 4 rings (SSSR count). The Morgan fingerprint density at radius 3 is 2.74 bits per heavy atom. The fourth-order valence-electron chi connectivity index (χ4n) is 4.36. The number of hydrogen-bond acceptors (Lipinski definition) is 6. The second-order valence-corrected chi connectivity index (χ2v) is 8.08. The highest BCUT2D eigenvalue weighted by Crippen LogP contribution is 2.32. The number of hydrogen-bond donors (Lipinski definition) is 2. The third kappa shape index (κ3) is 4.78. The number of fused-ring (bicyclic) bond motifs is 1. The molecule has 0 aliphatic heterocycles. The number of benzene rings is 1. The molecule has 2 aromatic heterocycles. The largest absolute Gasteiger partial charge is 0.394 e. The van der Waals surface area contributed by atoms with Crippen LogP contribution in [0.25, 0.3) is 11.0 Å². The van der Waals surface area contributed by atoms with Gasteiger partial charge in [-0.3, -0.25) is 9.36 Å². The van der Waals surface area contributed by atoms with Crippen LogP contribution in [0.3, 0.4) is 0 Å². The predicted octanol–water partition coefficient (Wildman–Crippen LogP) is 3.48. The van der Waals surface area contributed by atoms with Gasteiger partial charge in [0, 0.05) is 35.7 Å². The first-order valence-electron chi connectivity index (χ1n) is 11.1. The molecule has 1 aliphatic rings. The second-order valence-electron chi connectivity index (χ2n) is 8.08. The van der Waals surface area contributed by atoms with Crippen molar-refractivity contribution >= 4 is 17.0 Å². The third-order valence-corrected chi connectivity index (χ3v) is 6.02. The lowest BCUT2D eigenvalue weighted by Gasteiger charge is -2.20. The zero-order chi connectivity index (χ0) is 21.6. The Hall–Kier alpha value is -2.77. The van der Waals surface area contributed by atoms with Gasteiger partial charge < -0.3 is 15.2 Å². The summed E-state index contributed by atoms with van der Waals surface area (Å²) < 4.78 is 7.19. The minimum Gasteiger partial charge on any atom is -0.394 e. The van der Waals surface area contributed by atoms with Gasteiger partial charge in [-0.2, -0.15) is 4.98 Å². The molecule has 164 valence electrons. The molecule has 0 saturated heterocycles. The molecule has 0 bridgehead atoms. The van der Waals surface area contributed by atoms with Crippen molar-refractivity contribution in [2.45, 2.75) is 44.6 Å². The van der Waals surface area contributed by atoms with Gasteiger partial charge in [0.25, 0.3) is 5.56 Å². The van der Waals surface area contributed by atoms with Crippen LogP contribution >= 0.6 is 0 Å². The van der Waals surface area contributed by atoms with Crippen LogP contribution in [0.2, 0.25) is 0 Å². The van der Waals surface area contributed by atoms with Crippen molar-refractivity contribution in [2.75, 3.05) is 31.7 Å². The van der Waals surface area contributed by atoms with E-state index < -0.39 is 0 Å². The van der Waals surface area contributed by atoms with Crippen LogP contribution in [0.1, 0.15) is 55.7 Å². The number of aliphatic hydroxyl groups excluding tert-OH is 1. The lowest BCUT2D eigenvalue weighted by atomic mass is 9.93. The smallest absolute Gasteiger partial charge is 0.256 e. The van der Waals surface area contributed by atoms with Gasteiger partial charge in [0.1, 0.15) is 5.65 Å². The van der Waals surface area contributed by atoms with Crippen LogP contribution < -0.4 is 10.9 Å². The first kappa shape index (κ1) is 21.5. The Morgan fingerprint density at radius 2 is 2.00 bits per heavy atom. The molecule has 0 spiro atoms. The van der Waals surface area contributed by atoms with Crippen molar-refractivity contribution in [2.24, 2.45) is 0 Å². The quantitative estimate of drug-likeness (QED) is 0.513. The fourth-order valence-corrected chi connectivity index (χ4v) is 4.36. The summed E-state index contributed by atoms with van der Waals surface area (Å²) in [5.41, 5.74) is 2.65. The Balaban J connectivity index is 1.72. The van der Waals surface area contributed by atoms with Crippen molar-refractivity contribution in [1.29, 1.82) is 0 Å². The number of nitrogens with one attached hydrogen (secondary N) is 1. The minimum absolute atomic E-state index is 0.00385. The first-order chi connectivity index (χ1) is 15.2. The van der Waals surface area contributed by atoms with E-state index >= 15 is 0 Å². The molecule has 1 fully saturated rings. The van der Waals surface area contributed by atoms with E-state index in [0.717, 1.165) is 42.2 Å². The standard InChI is InChI=1S/C24H30N4O3/c1-17(18-7-3-2-4-8-18)21-15-19-16-26-24(25-11-13-31-14-12-29)27-22(19)28(23(21)30)20-9-5-6-10-20/h2-4,7-8,15-17,20,29H,5-6,9-14H2,1H3,(H,25,26,27). The summed E-state index contributed by atoms with van der Waals surface area (Å²) in [4.78, 5) is 22.8. The van der Waals surface area contributed by atoms with Crippen molar-refractivity contribution in [3.05, 3.63) is 64.1 Å². The molecular weight excluding hydrogens is 392 g/mol. The fraction of sp³-hybridized carbons (Fsp3) is 0.458. The predicted molar refractivity (Wildman–Crippen MR) is 122 cm³/mol. The van der Waals surface area contributed by atoms with Gasteiger partial charge in [-0.25, -0.2) is 4.98 Å². The van der Waals surface area contributed by atoms with Gasteiger partial charge in [-0.1, -0.05) is 50.1 Å². The topological polar surface area (TPSA) is 89.3 Å². The molecular formula is C24H30N4O3. The van der Waals surface area contributed by atoms with Crippen LogP contribution in [0.4, 0.5) is 5.95 Å². The van der Waals surface area contributed by atoms with E-state index in [4.69, 9.17) is 14.8 Å². The maximum absolute atomic E-state index is 13.7. The van der Waals surface area contributed by atoms with E-state index in [9.17, 15) is 4.79 Å². The number of rotatable bonds is 9. The summed E-state index contributed by atoms with van der Waals surface area (Å²) >= 11 is 0. The molecule has 7 nitrogen and oxygen atoms in total. The zero-order valence-electron chi connectivity index (χ0n) is 18.0. The molecule has 0 radical (unpaired) electrons. The molecule has 3 aromatic rings. The summed E-state index contributed by atoms with van der Waals surface area (Å²) in [5.74, 6) is 0.474. The van der Waals surface area contributed by atoms with Crippen molar-refractivity contribution in [3.8, 4) is 0 Å². The van der Waals surface area contributed by atoms with Gasteiger partial charge in [0.15, 0.2) is 0 Å². The van der Waals surface area contributed by atoms with Crippen molar-refractivity contribution < 1.29 is 9.84 Å². The van der Waals surface area contributed by atoms with Crippen LogP contribution in [0.5, 0.6) is 0 Å². The van der Waals surface area contributed by atoms with E-state index in [1.165, 1.54) is 0 Å².